The first kappa shape index (κ1) is 10.3. The highest BCUT2D eigenvalue weighted by molar-refractivity contribution is 6.54. The normalized spacial score (nSPS) is 10.2. The van der Waals surface area contributed by atoms with Crippen LogP contribution in [0.25, 0.3) is 0 Å². The van der Waals surface area contributed by atoms with Crippen molar-refractivity contribution in [2.45, 2.75) is 11.8 Å². The van der Waals surface area contributed by atoms with Crippen molar-refractivity contribution in [3.63, 3.8) is 0 Å². The quantitative estimate of drug-likeness (QED) is 0.774. The van der Waals surface area contributed by atoms with E-state index in [4.69, 9.17) is 23.2 Å². The third-order valence-electron chi connectivity index (χ3n) is 1.45. The monoisotopic (exact) mass is 218 g/mol. The van der Waals surface area contributed by atoms with E-state index in [0.29, 0.717) is 5.82 Å². The molecule has 0 radical (unpaired) electrons. The molecule has 0 unspecified atom stereocenters. The molecule has 0 bridgehead atoms. The van der Waals surface area contributed by atoms with Crippen molar-refractivity contribution < 1.29 is 4.79 Å². The lowest BCUT2D eigenvalue weighted by Crippen LogP contribution is -2.19. The largest absolute Gasteiger partial charge is 0.308 e. The Morgan fingerprint density at radius 1 is 1.62 bits per heavy atom. The third-order valence-corrected chi connectivity index (χ3v) is 1.85. The van der Waals surface area contributed by atoms with Crippen molar-refractivity contribution >= 4 is 34.9 Å². The number of halogens is 2. The van der Waals surface area contributed by atoms with Crippen LogP contribution in [-0.2, 0) is 4.79 Å². The molecule has 5 heteroatoms. The maximum Gasteiger partial charge on any atom is 0.258 e. The van der Waals surface area contributed by atoms with Crippen molar-refractivity contribution in [2.75, 3.05) is 5.32 Å². The van der Waals surface area contributed by atoms with E-state index in [-0.39, 0.29) is 0 Å². The average molecular weight is 219 g/mol. The number of alkyl halides is 2. The van der Waals surface area contributed by atoms with Crippen LogP contribution in [0.2, 0.25) is 0 Å². The van der Waals surface area contributed by atoms with E-state index in [1.165, 1.54) is 0 Å². The van der Waals surface area contributed by atoms with E-state index < -0.39 is 10.7 Å². The summed E-state index contributed by atoms with van der Waals surface area (Å²) in [7, 11) is 0. The molecule has 1 aromatic rings. The van der Waals surface area contributed by atoms with Crippen molar-refractivity contribution in [3.8, 4) is 0 Å². The minimum absolute atomic E-state index is 0.467. The average Bonchev–Trinajstić information content (AvgIpc) is 2.08. The fourth-order valence-corrected chi connectivity index (χ4v) is 0.897. The molecular weight excluding hydrogens is 211 g/mol. The number of anilines is 1. The van der Waals surface area contributed by atoms with Gasteiger partial charge in [-0.1, -0.05) is 29.3 Å². The van der Waals surface area contributed by atoms with Crippen LogP contribution >= 0.6 is 23.2 Å². The number of rotatable bonds is 2. The summed E-state index contributed by atoms with van der Waals surface area (Å²) in [5, 5.41) is 2.50. The van der Waals surface area contributed by atoms with Crippen LogP contribution in [0.15, 0.2) is 18.3 Å². The zero-order valence-corrected chi connectivity index (χ0v) is 8.43. The van der Waals surface area contributed by atoms with E-state index in [1.54, 1.807) is 12.3 Å². The van der Waals surface area contributed by atoms with Crippen LogP contribution in [0, 0.1) is 6.92 Å². The lowest BCUT2D eigenvalue weighted by molar-refractivity contribution is -0.114. The van der Waals surface area contributed by atoms with Gasteiger partial charge < -0.3 is 5.32 Å². The van der Waals surface area contributed by atoms with Gasteiger partial charge in [0.25, 0.3) is 5.91 Å². The third kappa shape index (κ3) is 2.86. The zero-order chi connectivity index (χ0) is 9.84. The summed E-state index contributed by atoms with van der Waals surface area (Å²) >= 11 is 10.7. The predicted molar refractivity (Wildman–Crippen MR) is 53.1 cm³/mol. The topological polar surface area (TPSA) is 42.0 Å². The van der Waals surface area contributed by atoms with Crippen LogP contribution < -0.4 is 5.32 Å². The molecule has 3 nitrogen and oxygen atoms in total. The van der Waals surface area contributed by atoms with Crippen LogP contribution in [-0.4, -0.2) is 15.7 Å². The Morgan fingerprint density at radius 2 is 2.31 bits per heavy atom. The number of carbonyl (C=O) groups is 1. The summed E-state index contributed by atoms with van der Waals surface area (Å²) in [6.07, 6.45) is 1.58. The molecule has 1 N–H and O–H groups in total. The number of hydrogen-bond donors (Lipinski definition) is 1. The number of hydrogen-bond acceptors (Lipinski definition) is 2. The molecule has 0 aliphatic rings. The van der Waals surface area contributed by atoms with Gasteiger partial charge in [0.2, 0.25) is 0 Å². The SMILES string of the molecule is Cc1cccnc1NC(=O)C(Cl)Cl. The van der Waals surface area contributed by atoms with Gasteiger partial charge in [0.05, 0.1) is 0 Å². The maximum absolute atomic E-state index is 11.0. The fraction of sp³-hybridized carbons (Fsp3) is 0.250. The Kier molecular flexibility index (Phi) is 3.51. The van der Waals surface area contributed by atoms with Crippen molar-refractivity contribution in [3.05, 3.63) is 23.9 Å². The van der Waals surface area contributed by atoms with Gasteiger partial charge in [-0.3, -0.25) is 4.79 Å². The Morgan fingerprint density at radius 3 is 2.85 bits per heavy atom. The second-order valence-electron chi connectivity index (χ2n) is 2.46. The number of aromatic nitrogens is 1. The van der Waals surface area contributed by atoms with Crippen LogP contribution in [0.5, 0.6) is 0 Å². The van der Waals surface area contributed by atoms with Gasteiger partial charge in [-0.2, -0.15) is 0 Å². The molecule has 0 saturated carbocycles. The summed E-state index contributed by atoms with van der Waals surface area (Å²) in [6, 6.07) is 3.62. The van der Waals surface area contributed by atoms with Crippen LogP contribution in [0.1, 0.15) is 5.56 Å². The van der Waals surface area contributed by atoms with Gasteiger partial charge in [0.15, 0.2) is 4.84 Å². The molecule has 70 valence electrons. The van der Waals surface area contributed by atoms with Crippen LogP contribution in [0.3, 0.4) is 0 Å². The lowest BCUT2D eigenvalue weighted by atomic mass is 10.3. The lowest BCUT2D eigenvalue weighted by Gasteiger charge is -2.06. The number of nitrogens with zero attached hydrogens (tertiary/aromatic N) is 1. The van der Waals surface area contributed by atoms with E-state index in [1.807, 2.05) is 13.0 Å². The molecular formula is C8H8Cl2N2O. The van der Waals surface area contributed by atoms with Gasteiger partial charge in [-0.05, 0) is 18.6 Å². The molecule has 0 fully saturated rings. The molecule has 0 aliphatic heterocycles. The number of aryl methyl sites for hydroxylation is 1. The van der Waals surface area contributed by atoms with E-state index in [9.17, 15) is 4.79 Å². The first-order valence-corrected chi connectivity index (χ1v) is 4.49. The molecule has 0 spiro atoms. The standard InChI is InChI=1S/C8H8Cl2N2O/c1-5-3-2-4-11-7(5)12-8(13)6(9)10/h2-4,6H,1H3,(H,11,12,13). The number of carbonyl (C=O) groups excluding carboxylic acids is 1. The van der Waals surface area contributed by atoms with Crippen molar-refractivity contribution in [2.24, 2.45) is 0 Å². The van der Waals surface area contributed by atoms with Gasteiger partial charge >= 0.3 is 0 Å². The van der Waals surface area contributed by atoms with Crippen molar-refractivity contribution in [1.29, 1.82) is 0 Å². The van der Waals surface area contributed by atoms with Gasteiger partial charge in [-0.15, -0.1) is 0 Å². The molecule has 13 heavy (non-hydrogen) atoms. The zero-order valence-electron chi connectivity index (χ0n) is 6.92. The summed E-state index contributed by atoms with van der Waals surface area (Å²) in [5.41, 5.74) is 0.866. The predicted octanol–water partition coefficient (Wildman–Crippen LogP) is 2.13. The second kappa shape index (κ2) is 4.44. The highest BCUT2D eigenvalue weighted by atomic mass is 35.5. The molecule has 0 atom stereocenters. The van der Waals surface area contributed by atoms with Gasteiger partial charge in [0, 0.05) is 6.20 Å². The number of amides is 1. The molecule has 1 heterocycles. The van der Waals surface area contributed by atoms with Crippen molar-refractivity contribution in [1.82, 2.24) is 4.98 Å². The smallest absolute Gasteiger partial charge is 0.258 e. The highest BCUT2D eigenvalue weighted by Gasteiger charge is 2.12. The molecule has 0 saturated heterocycles. The summed E-state index contributed by atoms with van der Waals surface area (Å²) in [6.45, 7) is 1.83. The number of nitrogens with one attached hydrogen (secondary N) is 1. The first-order valence-electron chi connectivity index (χ1n) is 3.62. The second-order valence-corrected chi connectivity index (χ2v) is 3.56. The van der Waals surface area contributed by atoms with Gasteiger partial charge in [0.1, 0.15) is 5.82 Å². The van der Waals surface area contributed by atoms with Crippen LogP contribution in [0.4, 0.5) is 5.82 Å². The fourth-order valence-electron chi connectivity index (χ4n) is 0.788. The van der Waals surface area contributed by atoms with E-state index >= 15 is 0 Å². The van der Waals surface area contributed by atoms with Gasteiger partial charge in [-0.25, -0.2) is 4.98 Å². The molecule has 0 aromatic carbocycles. The highest BCUT2D eigenvalue weighted by Crippen LogP contribution is 2.11. The Bertz CT molecular complexity index is 315. The number of pyridine rings is 1. The Hall–Kier alpha value is -0.800. The Labute approximate surface area is 86.1 Å². The molecule has 1 rings (SSSR count). The molecule has 0 aliphatic carbocycles. The van der Waals surface area contributed by atoms with E-state index in [0.717, 1.165) is 5.56 Å². The summed E-state index contributed by atoms with van der Waals surface area (Å²) in [5.74, 6) is 0.0175. The molecule has 1 aromatic heterocycles. The minimum Gasteiger partial charge on any atom is -0.308 e. The first-order chi connectivity index (χ1) is 6.11. The summed E-state index contributed by atoms with van der Waals surface area (Å²) in [4.78, 5) is 13.9. The molecule has 1 amide bonds. The minimum atomic E-state index is -1.07. The summed E-state index contributed by atoms with van der Waals surface area (Å²) < 4.78 is 0. The Balaban J connectivity index is 2.75. The maximum atomic E-state index is 11.0. The van der Waals surface area contributed by atoms with E-state index in [2.05, 4.69) is 10.3 Å².